The molecule has 14 heavy (non-hydrogen) atoms. The average Bonchev–Trinajstić information content (AvgIpc) is 2.47. The third kappa shape index (κ3) is 1.30. The molecule has 0 aliphatic rings. The van der Waals surface area contributed by atoms with Crippen LogP contribution in [0.2, 0.25) is 0 Å². The Morgan fingerprint density at radius 1 is 1.43 bits per heavy atom. The number of oxazole rings is 1. The molecule has 1 aromatic heterocycles. The molecule has 0 amide bonds. The minimum atomic E-state index is 0.670. The van der Waals surface area contributed by atoms with Crippen LogP contribution in [-0.2, 0) is 0 Å². The van der Waals surface area contributed by atoms with Crippen LogP contribution in [0.3, 0.4) is 0 Å². The van der Waals surface area contributed by atoms with Gasteiger partial charge in [0.1, 0.15) is 11.3 Å². The van der Waals surface area contributed by atoms with Gasteiger partial charge in [0.05, 0.1) is 11.6 Å². The third-order valence-electron chi connectivity index (χ3n) is 2.13. The van der Waals surface area contributed by atoms with E-state index in [1.807, 2.05) is 19.9 Å². The maximum atomic E-state index is 5.43. The number of ether oxygens (including phenoxy) is 1. The van der Waals surface area contributed by atoms with E-state index in [0.717, 1.165) is 26.9 Å². The Morgan fingerprint density at radius 2 is 2.14 bits per heavy atom. The Morgan fingerprint density at radius 3 is 2.79 bits per heavy atom. The third-order valence-corrected chi connectivity index (χ3v) is 2.72. The Labute approximate surface area is 90.2 Å². The molecule has 0 unspecified atom stereocenters. The number of hydrogen-bond acceptors (Lipinski definition) is 3. The zero-order chi connectivity index (χ0) is 10.3. The molecule has 3 nitrogen and oxygen atoms in total. The smallest absolute Gasteiger partial charge is 0.192 e. The standard InChI is InChI=1S/C10H10BrNO2/c1-5-9-8(14-6(2)12-9)4-7(11)10(5)13-3/h4H,1-3H3. The number of aromatic nitrogens is 1. The predicted octanol–water partition coefficient (Wildman–Crippen LogP) is 3.22. The van der Waals surface area contributed by atoms with Crippen molar-refractivity contribution in [1.29, 1.82) is 0 Å². The zero-order valence-electron chi connectivity index (χ0n) is 8.22. The first-order valence-corrected chi connectivity index (χ1v) is 5.03. The summed E-state index contributed by atoms with van der Waals surface area (Å²) in [5.74, 6) is 1.48. The molecule has 0 atom stereocenters. The molecule has 2 rings (SSSR count). The van der Waals surface area contributed by atoms with E-state index >= 15 is 0 Å². The molecule has 0 radical (unpaired) electrons. The molecule has 1 aromatic carbocycles. The van der Waals surface area contributed by atoms with Crippen LogP contribution in [0.5, 0.6) is 5.75 Å². The fraction of sp³-hybridized carbons (Fsp3) is 0.300. The van der Waals surface area contributed by atoms with Crippen molar-refractivity contribution in [1.82, 2.24) is 4.98 Å². The van der Waals surface area contributed by atoms with Crippen LogP contribution < -0.4 is 4.74 Å². The molecule has 0 bridgehead atoms. The van der Waals surface area contributed by atoms with Gasteiger partial charge >= 0.3 is 0 Å². The molecule has 0 fully saturated rings. The molecule has 1 heterocycles. The fourth-order valence-corrected chi connectivity index (χ4v) is 2.19. The van der Waals surface area contributed by atoms with Gasteiger partial charge in [0, 0.05) is 18.6 Å². The van der Waals surface area contributed by atoms with Crippen LogP contribution in [0.25, 0.3) is 11.1 Å². The summed E-state index contributed by atoms with van der Waals surface area (Å²) >= 11 is 3.42. The summed E-state index contributed by atoms with van der Waals surface area (Å²) in [7, 11) is 1.64. The number of aryl methyl sites for hydroxylation is 2. The summed E-state index contributed by atoms with van der Waals surface area (Å²) in [6, 6.07) is 1.88. The number of rotatable bonds is 1. The maximum Gasteiger partial charge on any atom is 0.192 e. The first-order valence-electron chi connectivity index (χ1n) is 4.23. The lowest BCUT2D eigenvalue weighted by Gasteiger charge is -2.06. The topological polar surface area (TPSA) is 35.3 Å². The van der Waals surface area contributed by atoms with Crippen molar-refractivity contribution in [3.63, 3.8) is 0 Å². The van der Waals surface area contributed by atoms with Crippen LogP contribution >= 0.6 is 15.9 Å². The molecule has 2 aromatic rings. The van der Waals surface area contributed by atoms with E-state index in [2.05, 4.69) is 20.9 Å². The highest BCUT2D eigenvalue weighted by Gasteiger charge is 2.13. The number of benzene rings is 1. The lowest BCUT2D eigenvalue weighted by molar-refractivity contribution is 0.409. The van der Waals surface area contributed by atoms with Gasteiger partial charge in [-0.15, -0.1) is 0 Å². The highest BCUT2D eigenvalue weighted by atomic mass is 79.9. The van der Waals surface area contributed by atoms with E-state index < -0.39 is 0 Å². The van der Waals surface area contributed by atoms with E-state index in [0.29, 0.717) is 5.89 Å². The van der Waals surface area contributed by atoms with Gasteiger partial charge in [-0.25, -0.2) is 4.98 Å². The summed E-state index contributed by atoms with van der Waals surface area (Å²) in [5.41, 5.74) is 2.64. The summed E-state index contributed by atoms with van der Waals surface area (Å²) in [6.45, 7) is 3.80. The normalized spacial score (nSPS) is 10.9. The van der Waals surface area contributed by atoms with E-state index in [-0.39, 0.29) is 0 Å². The zero-order valence-corrected chi connectivity index (χ0v) is 9.81. The molecular weight excluding hydrogens is 246 g/mol. The second kappa shape index (κ2) is 3.28. The largest absolute Gasteiger partial charge is 0.495 e. The lowest BCUT2D eigenvalue weighted by atomic mass is 10.2. The molecule has 4 heteroatoms. The van der Waals surface area contributed by atoms with Crippen molar-refractivity contribution < 1.29 is 9.15 Å². The molecule has 0 aliphatic heterocycles. The second-order valence-corrected chi connectivity index (χ2v) is 3.95. The number of methoxy groups -OCH3 is 1. The summed E-state index contributed by atoms with van der Waals surface area (Å²) < 4.78 is 11.6. The fourth-order valence-electron chi connectivity index (χ4n) is 1.53. The number of fused-ring (bicyclic) bond motifs is 1. The number of nitrogens with zero attached hydrogens (tertiary/aromatic N) is 1. The lowest BCUT2D eigenvalue weighted by Crippen LogP contribution is -1.89. The van der Waals surface area contributed by atoms with Crippen LogP contribution in [-0.4, -0.2) is 12.1 Å². The number of hydrogen-bond donors (Lipinski definition) is 0. The van der Waals surface area contributed by atoms with Gasteiger partial charge in [-0.3, -0.25) is 0 Å². The molecule has 0 saturated carbocycles. The van der Waals surface area contributed by atoms with Crippen molar-refractivity contribution in [2.24, 2.45) is 0 Å². The SMILES string of the molecule is COc1c(Br)cc2oc(C)nc2c1C. The monoisotopic (exact) mass is 255 g/mol. The van der Waals surface area contributed by atoms with E-state index in [1.54, 1.807) is 7.11 Å². The van der Waals surface area contributed by atoms with Gasteiger partial charge in [0.2, 0.25) is 0 Å². The van der Waals surface area contributed by atoms with Crippen molar-refractivity contribution in [2.75, 3.05) is 7.11 Å². The predicted molar refractivity (Wildman–Crippen MR) is 57.7 cm³/mol. The molecule has 0 N–H and O–H groups in total. The summed E-state index contributed by atoms with van der Waals surface area (Å²) in [6.07, 6.45) is 0. The van der Waals surface area contributed by atoms with Crippen LogP contribution in [0.15, 0.2) is 15.0 Å². The van der Waals surface area contributed by atoms with Crippen molar-refractivity contribution in [3.05, 3.63) is 22.0 Å². The van der Waals surface area contributed by atoms with Crippen LogP contribution in [0.4, 0.5) is 0 Å². The highest BCUT2D eigenvalue weighted by molar-refractivity contribution is 9.10. The quantitative estimate of drug-likeness (QED) is 0.785. The maximum absolute atomic E-state index is 5.43. The summed E-state index contributed by atoms with van der Waals surface area (Å²) in [4.78, 5) is 4.29. The highest BCUT2D eigenvalue weighted by Crippen LogP contribution is 2.34. The molecule has 0 spiro atoms. The van der Waals surface area contributed by atoms with Crippen molar-refractivity contribution >= 4 is 27.0 Å². The second-order valence-electron chi connectivity index (χ2n) is 3.10. The Hall–Kier alpha value is -1.03. The van der Waals surface area contributed by atoms with E-state index in [4.69, 9.17) is 9.15 Å². The van der Waals surface area contributed by atoms with E-state index in [9.17, 15) is 0 Å². The van der Waals surface area contributed by atoms with E-state index in [1.165, 1.54) is 0 Å². The van der Waals surface area contributed by atoms with Crippen molar-refractivity contribution in [2.45, 2.75) is 13.8 Å². The van der Waals surface area contributed by atoms with Gasteiger partial charge in [-0.05, 0) is 22.9 Å². The number of halogens is 1. The summed E-state index contributed by atoms with van der Waals surface area (Å²) in [5, 5.41) is 0. The van der Waals surface area contributed by atoms with Crippen LogP contribution in [0, 0.1) is 13.8 Å². The van der Waals surface area contributed by atoms with Gasteiger partial charge in [-0.2, -0.15) is 0 Å². The minimum Gasteiger partial charge on any atom is -0.495 e. The minimum absolute atomic E-state index is 0.670. The van der Waals surface area contributed by atoms with Gasteiger partial charge in [0.15, 0.2) is 11.5 Å². The molecule has 0 saturated heterocycles. The molecule has 0 aliphatic carbocycles. The molecular formula is C10H10BrNO2. The molecule has 74 valence electrons. The van der Waals surface area contributed by atoms with Crippen molar-refractivity contribution in [3.8, 4) is 5.75 Å². The Kier molecular flexibility index (Phi) is 2.23. The van der Waals surface area contributed by atoms with Crippen LogP contribution in [0.1, 0.15) is 11.5 Å². The Balaban J connectivity index is 2.84. The Bertz CT molecular complexity index is 490. The van der Waals surface area contributed by atoms with Gasteiger partial charge in [-0.1, -0.05) is 0 Å². The first kappa shape index (κ1) is 9.52. The first-order chi connectivity index (χ1) is 6.63. The van der Waals surface area contributed by atoms with Gasteiger partial charge in [0.25, 0.3) is 0 Å². The average molecular weight is 256 g/mol. The van der Waals surface area contributed by atoms with Gasteiger partial charge < -0.3 is 9.15 Å².